The lowest BCUT2D eigenvalue weighted by molar-refractivity contribution is 0.498. The Morgan fingerprint density at radius 1 is 1.24 bits per heavy atom. The second-order valence-electron chi connectivity index (χ2n) is 5.59. The molecule has 0 atom stereocenters. The molecule has 3 heterocycles. The fraction of sp³-hybridized carbons (Fsp3) is 0.294. The van der Waals surface area contributed by atoms with Gasteiger partial charge >= 0.3 is 0 Å². The van der Waals surface area contributed by atoms with E-state index in [1.54, 1.807) is 11.9 Å². The van der Waals surface area contributed by atoms with Gasteiger partial charge in [0.05, 0.1) is 10.4 Å². The molecule has 0 amide bonds. The summed E-state index contributed by atoms with van der Waals surface area (Å²) in [6.45, 7) is 6.03. The van der Waals surface area contributed by atoms with E-state index in [0.29, 0.717) is 0 Å². The summed E-state index contributed by atoms with van der Waals surface area (Å²) in [5.41, 5.74) is 4.14. The Morgan fingerprint density at radius 2 is 2.14 bits per heavy atom. The molecular weight excluding hydrogens is 280 g/mol. The molecule has 0 radical (unpaired) electrons. The molecule has 1 aliphatic heterocycles. The molecule has 4 heteroatoms. The van der Waals surface area contributed by atoms with Gasteiger partial charge < -0.3 is 9.73 Å². The van der Waals surface area contributed by atoms with Crippen molar-refractivity contribution in [2.75, 3.05) is 6.54 Å². The summed E-state index contributed by atoms with van der Waals surface area (Å²) in [4.78, 5) is 1.19. The van der Waals surface area contributed by atoms with Crippen LogP contribution >= 0.6 is 11.9 Å². The van der Waals surface area contributed by atoms with Crippen molar-refractivity contribution >= 4 is 22.9 Å². The van der Waals surface area contributed by atoms with E-state index in [1.165, 1.54) is 26.9 Å². The van der Waals surface area contributed by atoms with Crippen molar-refractivity contribution in [2.24, 2.45) is 0 Å². The number of nitrogens with one attached hydrogen (secondary N) is 1. The quantitative estimate of drug-likeness (QED) is 0.774. The van der Waals surface area contributed by atoms with Crippen molar-refractivity contribution in [1.82, 2.24) is 9.29 Å². The normalized spacial score (nSPS) is 14.6. The monoisotopic (exact) mass is 298 g/mol. The molecule has 3 aromatic rings. The molecule has 1 aliphatic rings. The maximum absolute atomic E-state index is 5.64. The van der Waals surface area contributed by atoms with Gasteiger partial charge in [-0.15, -0.1) is 0 Å². The Kier molecular flexibility index (Phi) is 3.08. The first kappa shape index (κ1) is 13.0. The van der Waals surface area contributed by atoms with Gasteiger partial charge in [0.15, 0.2) is 0 Å². The molecule has 21 heavy (non-hydrogen) atoms. The van der Waals surface area contributed by atoms with Crippen LogP contribution in [0.5, 0.6) is 0 Å². The van der Waals surface area contributed by atoms with Gasteiger partial charge in [0.2, 0.25) is 0 Å². The number of benzene rings is 1. The molecule has 1 N–H and O–H groups in total. The van der Waals surface area contributed by atoms with E-state index in [4.69, 9.17) is 4.42 Å². The van der Waals surface area contributed by atoms with Crippen LogP contribution in [0.1, 0.15) is 22.6 Å². The number of aryl methyl sites for hydroxylation is 2. The topological polar surface area (TPSA) is 30.1 Å². The first-order valence-electron chi connectivity index (χ1n) is 7.30. The smallest absolute Gasteiger partial charge is 0.116 e. The third-order valence-electron chi connectivity index (χ3n) is 4.04. The number of rotatable bonds is 2. The molecule has 0 spiro atoms. The molecule has 3 nitrogen and oxygen atoms in total. The molecule has 0 saturated heterocycles. The van der Waals surface area contributed by atoms with Gasteiger partial charge in [0.25, 0.3) is 0 Å². The maximum Gasteiger partial charge on any atom is 0.116 e. The zero-order chi connectivity index (χ0) is 14.4. The fourth-order valence-electron chi connectivity index (χ4n) is 3.08. The minimum absolute atomic E-state index is 0.961. The lowest BCUT2D eigenvalue weighted by Gasteiger charge is -2.06. The van der Waals surface area contributed by atoms with Crippen LogP contribution in [0.15, 0.2) is 39.8 Å². The molecule has 0 aliphatic carbocycles. The second kappa shape index (κ2) is 4.97. The number of hydrogen-bond acceptors (Lipinski definition) is 3. The van der Waals surface area contributed by atoms with Crippen molar-refractivity contribution < 1.29 is 4.42 Å². The summed E-state index contributed by atoms with van der Waals surface area (Å²) < 4.78 is 7.93. The van der Waals surface area contributed by atoms with Crippen LogP contribution in [0, 0.1) is 13.8 Å². The fourth-order valence-corrected chi connectivity index (χ4v) is 4.11. The van der Waals surface area contributed by atoms with Crippen LogP contribution in [0.3, 0.4) is 0 Å². The third-order valence-corrected chi connectivity index (χ3v) is 5.14. The van der Waals surface area contributed by atoms with Gasteiger partial charge in [-0.2, -0.15) is 0 Å². The highest BCUT2D eigenvalue weighted by atomic mass is 32.2. The maximum atomic E-state index is 5.64. The van der Waals surface area contributed by atoms with Gasteiger partial charge in [0, 0.05) is 18.1 Å². The summed E-state index contributed by atoms with van der Waals surface area (Å²) >= 11 is 1.75. The third kappa shape index (κ3) is 2.19. The Morgan fingerprint density at radius 3 is 2.95 bits per heavy atom. The van der Waals surface area contributed by atoms with Crippen LogP contribution in [0.25, 0.3) is 10.9 Å². The number of aromatic nitrogens is 1. The van der Waals surface area contributed by atoms with Crippen molar-refractivity contribution in [3.05, 3.63) is 53.1 Å². The van der Waals surface area contributed by atoms with Crippen LogP contribution < -0.4 is 5.32 Å². The average Bonchev–Trinajstić information content (AvgIpc) is 2.88. The summed E-state index contributed by atoms with van der Waals surface area (Å²) in [5.74, 6) is 1.96. The first-order chi connectivity index (χ1) is 10.2. The van der Waals surface area contributed by atoms with Crippen molar-refractivity contribution in [3.63, 3.8) is 0 Å². The van der Waals surface area contributed by atoms with Gasteiger partial charge in [-0.25, -0.2) is 0 Å². The molecule has 0 bridgehead atoms. The van der Waals surface area contributed by atoms with E-state index < -0.39 is 0 Å². The Balaban J connectivity index is 1.85. The zero-order valence-electron chi connectivity index (χ0n) is 12.3. The van der Waals surface area contributed by atoms with E-state index in [9.17, 15) is 0 Å². The van der Waals surface area contributed by atoms with E-state index >= 15 is 0 Å². The summed E-state index contributed by atoms with van der Waals surface area (Å²) in [5, 5.41) is 4.91. The van der Waals surface area contributed by atoms with E-state index in [2.05, 4.69) is 39.8 Å². The minimum Gasteiger partial charge on any atom is -0.465 e. The molecule has 0 saturated carbocycles. The zero-order valence-corrected chi connectivity index (χ0v) is 13.1. The van der Waals surface area contributed by atoms with E-state index in [0.717, 1.165) is 31.0 Å². The standard InChI is InChI=1S/C17H18N2OS/c1-11-8-16(12(2)20-11)21-19-10-14-6-7-18-9-13-4-3-5-15(19)17(13)14/h3-5,8,10,18H,6-7,9H2,1-2H3. The first-order valence-corrected chi connectivity index (χ1v) is 8.07. The Bertz CT molecular complexity index is 816. The van der Waals surface area contributed by atoms with Crippen LogP contribution in [0.2, 0.25) is 0 Å². The molecule has 4 rings (SSSR count). The SMILES string of the molecule is Cc1cc(Sn2cc3c4c(cccc42)CNCC3)c(C)o1. The van der Waals surface area contributed by atoms with Crippen molar-refractivity contribution in [1.29, 1.82) is 0 Å². The van der Waals surface area contributed by atoms with Gasteiger partial charge in [0.1, 0.15) is 11.5 Å². The van der Waals surface area contributed by atoms with Gasteiger partial charge in [-0.3, -0.25) is 3.97 Å². The lowest BCUT2D eigenvalue weighted by atomic mass is 10.1. The summed E-state index contributed by atoms with van der Waals surface area (Å²) in [6.07, 6.45) is 3.37. The minimum atomic E-state index is 0.961. The molecule has 0 fully saturated rings. The predicted molar refractivity (Wildman–Crippen MR) is 86.8 cm³/mol. The highest BCUT2D eigenvalue weighted by molar-refractivity contribution is 7.98. The Hall–Kier alpha value is -1.65. The van der Waals surface area contributed by atoms with Crippen molar-refractivity contribution in [3.8, 4) is 0 Å². The molecule has 1 aromatic carbocycles. The molecule has 108 valence electrons. The molecule has 0 unspecified atom stereocenters. The highest BCUT2D eigenvalue weighted by Crippen LogP contribution is 2.34. The summed E-state index contributed by atoms with van der Waals surface area (Å²) in [7, 11) is 0. The number of nitrogens with zero attached hydrogens (tertiary/aromatic N) is 1. The lowest BCUT2D eigenvalue weighted by Crippen LogP contribution is -2.13. The van der Waals surface area contributed by atoms with Gasteiger partial charge in [-0.05, 0) is 62.0 Å². The van der Waals surface area contributed by atoms with Crippen molar-refractivity contribution in [2.45, 2.75) is 31.7 Å². The van der Waals surface area contributed by atoms with Crippen LogP contribution in [0.4, 0.5) is 0 Å². The molecule has 2 aromatic heterocycles. The second-order valence-corrected chi connectivity index (χ2v) is 6.60. The summed E-state index contributed by atoms with van der Waals surface area (Å²) in [6, 6.07) is 8.71. The number of furan rings is 1. The van der Waals surface area contributed by atoms with E-state index in [-0.39, 0.29) is 0 Å². The number of hydrogen-bond donors (Lipinski definition) is 1. The van der Waals surface area contributed by atoms with E-state index in [1.807, 2.05) is 13.8 Å². The Labute approximate surface area is 128 Å². The van der Waals surface area contributed by atoms with Crippen LogP contribution in [-0.4, -0.2) is 10.5 Å². The van der Waals surface area contributed by atoms with Gasteiger partial charge in [-0.1, -0.05) is 12.1 Å². The van der Waals surface area contributed by atoms with Crippen LogP contribution in [-0.2, 0) is 13.0 Å². The molecular formula is C17H18N2OS. The predicted octanol–water partition coefficient (Wildman–Crippen LogP) is 4.05. The average molecular weight is 298 g/mol. The largest absolute Gasteiger partial charge is 0.465 e. The highest BCUT2D eigenvalue weighted by Gasteiger charge is 2.16.